The number of ether oxygens (including phenoxy) is 1. The van der Waals surface area contributed by atoms with E-state index in [2.05, 4.69) is 10.5 Å². The fourth-order valence-electron chi connectivity index (χ4n) is 1.41. The molecule has 0 saturated heterocycles. The van der Waals surface area contributed by atoms with Crippen molar-refractivity contribution < 1.29 is 14.4 Å². The molecule has 1 aromatic rings. The van der Waals surface area contributed by atoms with Gasteiger partial charge in [-0.2, -0.15) is 0 Å². The molecule has 0 aliphatic heterocycles. The highest BCUT2D eigenvalue weighted by molar-refractivity contribution is 4.96. The highest BCUT2D eigenvalue weighted by Crippen LogP contribution is 2.10. The quantitative estimate of drug-likeness (QED) is 0.694. The maximum Gasteiger partial charge on any atom is 0.124 e. The zero-order chi connectivity index (χ0) is 11.1. The van der Waals surface area contributed by atoms with Crippen molar-refractivity contribution >= 4 is 0 Å². The molecule has 1 aromatic heterocycles. The van der Waals surface area contributed by atoms with Crippen molar-refractivity contribution in [2.24, 2.45) is 0 Å². The number of aromatic nitrogens is 1. The summed E-state index contributed by atoms with van der Waals surface area (Å²) in [6.07, 6.45) is 2.18. The SMILES string of the molecule is COCC(C)(CCO)NCc1ccon1. The van der Waals surface area contributed by atoms with Gasteiger partial charge in [0, 0.05) is 31.9 Å². The second kappa shape index (κ2) is 5.85. The molecule has 0 spiro atoms. The third kappa shape index (κ3) is 3.99. The zero-order valence-electron chi connectivity index (χ0n) is 9.19. The van der Waals surface area contributed by atoms with Gasteiger partial charge in [-0.05, 0) is 13.3 Å². The fraction of sp³-hybridized carbons (Fsp3) is 0.700. The maximum absolute atomic E-state index is 8.96. The van der Waals surface area contributed by atoms with Gasteiger partial charge in [0.2, 0.25) is 0 Å². The average Bonchev–Trinajstić information content (AvgIpc) is 2.68. The van der Waals surface area contributed by atoms with Crippen LogP contribution in [0, 0.1) is 0 Å². The Morgan fingerprint density at radius 1 is 1.67 bits per heavy atom. The molecule has 0 aliphatic carbocycles. The van der Waals surface area contributed by atoms with Crippen LogP contribution < -0.4 is 5.32 Å². The molecule has 0 aromatic carbocycles. The van der Waals surface area contributed by atoms with E-state index in [1.165, 1.54) is 6.26 Å². The standard InChI is InChI=1S/C10H18N2O3/c1-10(4-5-13,8-14-2)11-7-9-3-6-15-12-9/h3,6,11,13H,4-5,7-8H2,1-2H3. The number of nitrogens with one attached hydrogen (secondary N) is 1. The molecule has 0 bridgehead atoms. The summed E-state index contributed by atoms with van der Waals surface area (Å²) in [6.45, 7) is 3.29. The molecule has 1 rings (SSSR count). The molecule has 0 radical (unpaired) electrons. The summed E-state index contributed by atoms with van der Waals surface area (Å²) in [6, 6.07) is 1.80. The van der Waals surface area contributed by atoms with E-state index in [0.717, 1.165) is 5.69 Å². The Morgan fingerprint density at radius 2 is 2.47 bits per heavy atom. The Morgan fingerprint density at radius 3 is 3.00 bits per heavy atom. The van der Waals surface area contributed by atoms with Crippen LogP contribution in [0.3, 0.4) is 0 Å². The lowest BCUT2D eigenvalue weighted by atomic mass is 9.99. The van der Waals surface area contributed by atoms with Gasteiger partial charge in [-0.25, -0.2) is 0 Å². The molecular formula is C10H18N2O3. The van der Waals surface area contributed by atoms with E-state index in [-0.39, 0.29) is 12.1 Å². The molecule has 0 aliphatic rings. The van der Waals surface area contributed by atoms with Crippen molar-refractivity contribution in [3.63, 3.8) is 0 Å². The van der Waals surface area contributed by atoms with Crippen LogP contribution in [0.5, 0.6) is 0 Å². The Hall–Kier alpha value is -0.910. The molecule has 2 N–H and O–H groups in total. The summed E-state index contributed by atoms with van der Waals surface area (Å²) in [5, 5.41) is 16.0. The highest BCUT2D eigenvalue weighted by Gasteiger charge is 2.23. The summed E-state index contributed by atoms with van der Waals surface area (Å²) in [7, 11) is 1.65. The average molecular weight is 214 g/mol. The van der Waals surface area contributed by atoms with Gasteiger partial charge < -0.3 is 19.7 Å². The van der Waals surface area contributed by atoms with Gasteiger partial charge in [0.15, 0.2) is 0 Å². The molecule has 1 heterocycles. The molecule has 0 saturated carbocycles. The minimum absolute atomic E-state index is 0.131. The van der Waals surface area contributed by atoms with E-state index in [1.807, 2.05) is 6.92 Å². The molecule has 1 unspecified atom stereocenters. The van der Waals surface area contributed by atoms with Gasteiger partial charge >= 0.3 is 0 Å². The van der Waals surface area contributed by atoms with Crippen molar-refractivity contribution in [2.45, 2.75) is 25.4 Å². The molecule has 0 amide bonds. The first-order valence-corrected chi connectivity index (χ1v) is 4.94. The monoisotopic (exact) mass is 214 g/mol. The minimum atomic E-state index is -0.234. The van der Waals surface area contributed by atoms with Crippen LogP contribution in [0.4, 0.5) is 0 Å². The van der Waals surface area contributed by atoms with Crippen LogP contribution >= 0.6 is 0 Å². The lowest BCUT2D eigenvalue weighted by Crippen LogP contribution is -2.46. The van der Waals surface area contributed by atoms with Crippen molar-refractivity contribution in [1.29, 1.82) is 0 Å². The maximum atomic E-state index is 8.96. The molecular weight excluding hydrogens is 196 g/mol. The van der Waals surface area contributed by atoms with Gasteiger partial charge in [-0.1, -0.05) is 5.16 Å². The van der Waals surface area contributed by atoms with Gasteiger partial charge in [-0.3, -0.25) is 0 Å². The Kier molecular flexibility index (Phi) is 4.74. The number of aliphatic hydroxyl groups excluding tert-OH is 1. The third-order valence-corrected chi connectivity index (χ3v) is 2.31. The van der Waals surface area contributed by atoms with E-state index in [9.17, 15) is 0 Å². The number of rotatable bonds is 7. The second-order valence-corrected chi connectivity index (χ2v) is 3.81. The zero-order valence-corrected chi connectivity index (χ0v) is 9.19. The van der Waals surface area contributed by atoms with Crippen LogP contribution in [0.25, 0.3) is 0 Å². The van der Waals surface area contributed by atoms with Crippen molar-refractivity contribution in [3.05, 3.63) is 18.0 Å². The van der Waals surface area contributed by atoms with Crippen LogP contribution in [-0.4, -0.2) is 36.1 Å². The van der Waals surface area contributed by atoms with Crippen molar-refractivity contribution in [1.82, 2.24) is 10.5 Å². The van der Waals surface area contributed by atoms with E-state index in [1.54, 1.807) is 13.2 Å². The predicted octanol–water partition coefficient (Wildman–Crippen LogP) is 0.552. The lowest BCUT2D eigenvalue weighted by molar-refractivity contribution is 0.0965. The third-order valence-electron chi connectivity index (χ3n) is 2.31. The van der Waals surface area contributed by atoms with E-state index >= 15 is 0 Å². The van der Waals surface area contributed by atoms with Gasteiger partial charge in [0.1, 0.15) is 6.26 Å². The van der Waals surface area contributed by atoms with E-state index in [4.69, 9.17) is 14.4 Å². The normalized spacial score (nSPS) is 15.1. The molecule has 0 fully saturated rings. The highest BCUT2D eigenvalue weighted by atomic mass is 16.5. The Labute approximate surface area is 89.4 Å². The summed E-state index contributed by atoms with van der Waals surface area (Å²) in [4.78, 5) is 0. The van der Waals surface area contributed by atoms with Crippen LogP contribution in [-0.2, 0) is 11.3 Å². The topological polar surface area (TPSA) is 67.5 Å². The van der Waals surface area contributed by atoms with Gasteiger partial charge in [0.25, 0.3) is 0 Å². The predicted molar refractivity (Wildman–Crippen MR) is 55.3 cm³/mol. The Balaban J connectivity index is 2.43. The van der Waals surface area contributed by atoms with Crippen molar-refractivity contribution in [2.75, 3.05) is 20.3 Å². The summed E-state index contributed by atoms with van der Waals surface area (Å²) < 4.78 is 9.84. The second-order valence-electron chi connectivity index (χ2n) is 3.81. The minimum Gasteiger partial charge on any atom is -0.396 e. The number of aliphatic hydroxyl groups is 1. The molecule has 86 valence electrons. The smallest absolute Gasteiger partial charge is 0.124 e. The Bertz CT molecular complexity index is 256. The number of nitrogens with zero attached hydrogens (tertiary/aromatic N) is 1. The molecule has 15 heavy (non-hydrogen) atoms. The van der Waals surface area contributed by atoms with E-state index < -0.39 is 0 Å². The van der Waals surface area contributed by atoms with Gasteiger partial charge in [0.05, 0.1) is 12.3 Å². The molecule has 5 heteroatoms. The number of methoxy groups -OCH3 is 1. The lowest BCUT2D eigenvalue weighted by Gasteiger charge is -2.29. The number of hydrogen-bond acceptors (Lipinski definition) is 5. The molecule has 5 nitrogen and oxygen atoms in total. The molecule has 1 atom stereocenters. The van der Waals surface area contributed by atoms with Crippen LogP contribution in [0.2, 0.25) is 0 Å². The summed E-state index contributed by atoms with van der Waals surface area (Å²) in [5.74, 6) is 0. The van der Waals surface area contributed by atoms with Gasteiger partial charge in [-0.15, -0.1) is 0 Å². The first-order valence-electron chi connectivity index (χ1n) is 4.94. The first-order chi connectivity index (χ1) is 7.20. The van der Waals surface area contributed by atoms with Crippen molar-refractivity contribution in [3.8, 4) is 0 Å². The summed E-state index contributed by atoms with van der Waals surface area (Å²) in [5.41, 5.74) is 0.609. The van der Waals surface area contributed by atoms with Crippen LogP contribution in [0.1, 0.15) is 19.0 Å². The largest absolute Gasteiger partial charge is 0.396 e. The number of hydrogen-bond donors (Lipinski definition) is 2. The van der Waals surface area contributed by atoms with Crippen LogP contribution in [0.15, 0.2) is 16.9 Å². The summed E-state index contributed by atoms with van der Waals surface area (Å²) >= 11 is 0. The fourth-order valence-corrected chi connectivity index (χ4v) is 1.41. The van der Waals surface area contributed by atoms with E-state index in [0.29, 0.717) is 19.6 Å². The first kappa shape index (κ1) is 12.2.